The maximum Gasteiger partial charge on any atom is 0.231 e. The van der Waals surface area contributed by atoms with Gasteiger partial charge >= 0.3 is 0 Å². The van der Waals surface area contributed by atoms with Gasteiger partial charge in [0, 0.05) is 35.8 Å². The van der Waals surface area contributed by atoms with E-state index in [1.807, 2.05) is 39.0 Å². The van der Waals surface area contributed by atoms with Crippen LogP contribution in [0, 0.1) is 6.92 Å². The van der Waals surface area contributed by atoms with Gasteiger partial charge in [-0.25, -0.2) is 8.42 Å². The number of hydrogen-bond acceptors (Lipinski definition) is 5. The van der Waals surface area contributed by atoms with Crippen LogP contribution in [0.15, 0.2) is 40.1 Å². The lowest BCUT2D eigenvalue weighted by molar-refractivity contribution is 0.529. The average Bonchev–Trinajstić information content (AvgIpc) is 2.94. The maximum absolute atomic E-state index is 11.8. The molecule has 6 nitrogen and oxygen atoms in total. The van der Waals surface area contributed by atoms with Gasteiger partial charge in [0.25, 0.3) is 0 Å². The Morgan fingerprint density at radius 2 is 1.92 bits per heavy atom. The van der Waals surface area contributed by atoms with Crippen LogP contribution in [-0.2, 0) is 10.0 Å². The van der Waals surface area contributed by atoms with Crippen molar-refractivity contribution in [1.82, 2.24) is 9.29 Å². The zero-order valence-corrected chi connectivity index (χ0v) is 17.0. The van der Waals surface area contributed by atoms with Crippen molar-refractivity contribution >= 4 is 22.7 Å². The fraction of sp³-hybridized carbons (Fsp3) is 0.316. The molecule has 0 fully saturated rings. The Kier molecular flexibility index (Phi) is 7.35. The van der Waals surface area contributed by atoms with E-state index in [0.717, 1.165) is 16.8 Å². The molecule has 142 valence electrons. The van der Waals surface area contributed by atoms with Crippen LogP contribution in [0.2, 0.25) is 0 Å². The highest BCUT2D eigenvalue weighted by Gasteiger charge is 2.15. The van der Waals surface area contributed by atoms with Crippen LogP contribution in [0.3, 0.4) is 0 Å². The van der Waals surface area contributed by atoms with Gasteiger partial charge in [0.1, 0.15) is 11.2 Å². The lowest BCUT2D eigenvalue weighted by atomic mass is 10.2. The fourth-order valence-electron chi connectivity index (χ4n) is 2.17. The summed E-state index contributed by atoms with van der Waals surface area (Å²) in [5.41, 5.74) is 8.22. The molecule has 2 aromatic heterocycles. The van der Waals surface area contributed by atoms with E-state index >= 15 is 0 Å². The molecule has 2 heterocycles. The van der Waals surface area contributed by atoms with Crippen molar-refractivity contribution in [2.45, 2.75) is 20.8 Å². The zero-order valence-electron chi connectivity index (χ0n) is 16.2. The van der Waals surface area contributed by atoms with Crippen molar-refractivity contribution in [2.75, 3.05) is 20.4 Å². The molecule has 0 saturated carbocycles. The summed E-state index contributed by atoms with van der Waals surface area (Å²) in [5.74, 6) is 0.647. The number of allylic oxidation sites excluding steroid dienone is 2. The van der Waals surface area contributed by atoms with Crippen molar-refractivity contribution < 1.29 is 12.8 Å². The number of pyridine rings is 1. The van der Waals surface area contributed by atoms with Crippen LogP contribution < -0.4 is 16.4 Å². The predicted octanol–water partition coefficient (Wildman–Crippen LogP) is 1.60. The van der Waals surface area contributed by atoms with Gasteiger partial charge in [-0.05, 0) is 46.0 Å². The zero-order chi connectivity index (χ0) is 20.1. The quantitative estimate of drug-likeness (QED) is 0.874. The molecule has 0 aliphatic rings. The first-order chi connectivity index (χ1) is 12.1. The second-order valence-electron chi connectivity index (χ2n) is 5.95. The minimum absolute atomic E-state index is 0.525. The summed E-state index contributed by atoms with van der Waals surface area (Å²) in [6.07, 6.45) is 4.60. The molecule has 0 radical (unpaired) electrons. The molecule has 0 bridgehead atoms. The minimum atomic E-state index is -3.36. The van der Waals surface area contributed by atoms with E-state index in [-0.39, 0.29) is 0 Å². The fourth-order valence-corrected chi connectivity index (χ4v) is 2.77. The van der Waals surface area contributed by atoms with Crippen molar-refractivity contribution in [1.29, 1.82) is 0 Å². The predicted molar refractivity (Wildman–Crippen MR) is 107 cm³/mol. The number of aromatic nitrogens is 1. The first kappa shape index (κ1) is 21.7. The molecule has 0 spiro atoms. The summed E-state index contributed by atoms with van der Waals surface area (Å²) in [5, 5.41) is 0.686. The van der Waals surface area contributed by atoms with E-state index in [2.05, 4.69) is 17.3 Å². The van der Waals surface area contributed by atoms with Crippen molar-refractivity contribution in [2.24, 2.45) is 5.73 Å². The Labute approximate surface area is 155 Å². The summed E-state index contributed by atoms with van der Waals surface area (Å²) in [7, 11) is -0.339. The molecule has 0 aromatic carbocycles. The normalized spacial score (nSPS) is 11.6. The molecule has 26 heavy (non-hydrogen) atoms. The molecule has 0 aliphatic carbocycles. The van der Waals surface area contributed by atoms with E-state index in [0.29, 0.717) is 22.1 Å². The minimum Gasteiger partial charge on any atom is -0.456 e. The number of rotatable bonds is 4. The van der Waals surface area contributed by atoms with Gasteiger partial charge < -0.3 is 10.2 Å². The molecule has 7 heteroatoms. The van der Waals surface area contributed by atoms with Gasteiger partial charge in [0.2, 0.25) is 10.0 Å². The standard InChI is InChI=1S/C18H22N2O3S.CH5N/c1-12(2)16(20(5)24(6,21)22)10-17-13(3)9-18(23-17)15-8-7-14(4)19-11-15;1-2/h7-11H,3H2,1-2,4-6H3;2H2,1H3/b17-10+;. The first-order valence-corrected chi connectivity index (χ1v) is 9.87. The summed E-state index contributed by atoms with van der Waals surface area (Å²) >= 11 is 0. The number of hydrogen-bond donors (Lipinski definition) is 1. The molecule has 2 N–H and O–H groups in total. The van der Waals surface area contributed by atoms with Crippen LogP contribution in [0.5, 0.6) is 0 Å². The van der Waals surface area contributed by atoms with E-state index in [1.165, 1.54) is 24.7 Å². The average molecular weight is 378 g/mol. The van der Waals surface area contributed by atoms with E-state index in [9.17, 15) is 8.42 Å². The Morgan fingerprint density at radius 3 is 2.38 bits per heavy atom. The largest absolute Gasteiger partial charge is 0.456 e. The highest BCUT2D eigenvalue weighted by Crippen LogP contribution is 2.17. The molecule has 0 saturated heterocycles. The topological polar surface area (TPSA) is 89.4 Å². The second-order valence-corrected chi connectivity index (χ2v) is 7.96. The van der Waals surface area contributed by atoms with Crippen LogP contribution >= 0.6 is 0 Å². The Hall–Kier alpha value is -2.38. The van der Waals surface area contributed by atoms with Crippen molar-refractivity contribution in [3.05, 3.63) is 52.0 Å². The van der Waals surface area contributed by atoms with Crippen LogP contribution in [-0.4, -0.2) is 38.1 Å². The van der Waals surface area contributed by atoms with Crippen LogP contribution in [0.25, 0.3) is 24.0 Å². The molecule has 0 amide bonds. The van der Waals surface area contributed by atoms with E-state index in [1.54, 1.807) is 12.3 Å². The monoisotopic (exact) mass is 377 g/mol. The van der Waals surface area contributed by atoms with Gasteiger partial charge in [0.05, 0.1) is 12.0 Å². The van der Waals surface area contributed by atoms with Gasteiger partial charge in [-0.1, -0.05) is 12.2 Å². The molecular weight excluding hydrogens is 350 g/mol. The molecule has 0 atom stereocenters. The van der Waals surface area contributed by atoms with Gasteiger partial charge in [-0.15, -0.1) is 0 Å². The summed E-state index contributed by atoms with van der Waals surface area (Å²) in [4.78, 5) is 4.26. The van der Waals surface area contributed by atoms with E-state index < -0.39 is 10.0 Å². The van der Waals surface area contributed by atoms with Crippen LogP contribution in [0.4, 0.5) is 0 Å². The number of furan rings is 1. The molecule has 2 aromatic rings. The summed E-state index contributed by atoms with van der Waals surface area (Å²) < 4.78 is 30.8. The number of nitrogens with two attached hydrogens (primary N) is 1. The lowest BCUT2D eigenvalue weighted by Crippen LogP contribution is -2.27. The first-order valence-electron chi connectivity index (χ1n) is 8.02. The number of sulfonamides is 1. The SMILES string of the molecule is C=c1cc(-c2ccc(C)nc2)o/c1=C/C(=C(C)C)N(C)S(C)(=O)=O.CN. The van der Waals surface area contributed by atoms with Crippen molar-refractivity contribution in [3.8, 4) is 11.3 Å². The van der Waals surface area contributed by atoms with E-state index in [4.69, 9.17) is 4.42 Å². The molecule has 0 aliphatic heterocycles. The Morgan fingerprint density at radius 1 is 1.31 bits per heavy atom. The third kappa shape index (κ3) is 5.31. The number of aryl methyl sites for hydroxylation is 1. The third-order valence-corrected chi connectivity index (χ3v) is 4.85. The second kappa shape index (κ2) is 8.82. The lowest BCUT2D eigenvalue weighted by Gasteiger charge is -2.19. The van der Waals surface area contributed by atoms with Crippen molar-refractivity contribution in [3.63, 3.8) is 0 Å². The van der Waals surface area contributed by atoms with Gasteiger partial charge in [0.15, 0.2) is 0 Å². The highest BCUT2D eigenvalue weighted by molar-refractivity contribution is 7.88. The smallest absolute Gasteiger partial charge is 0.231 e. The van der Waals surface area contributed by atoms with Crippen LogP contribution in [0.1, 0.15) is 19.5 Å². The Balaban J connectivity index is 0.00000163. The molecular formula is C19H27N3O3S. The molecule has 2 rings (SSSR count). The molecule has 0 unspecified atom stereocenters. The van der Waals surface area contributed by atoms with Gasteiger partial charge in [-0.3, -0.25) is 9.29 Å². The Bertz CT molecular complexity index is 984. The summed E-state index contributed by atoms with van der Waals surface area (Å²) in [6, 6.07) is 5.65. The highest BCUT2D eigenvalue weighted by atomic mass is 32.2. The maximum atomic E-state index is 11.8. The number of nitrogens with zero attached hydrogens (tertiary/aromatic N) is 2. The van der Waals surface area contributed by atoms with Gasteiger partial charge in [-0.2, -0.15) is 0 Å². The third-order valence-electron chi connectivity index (χ3n) is 3.65. The summed E-state index contributed by atoms with van der Waals surface area (Å²) in [6.45, 7) is 9.60.